The van der Waals surface area contributed by atoms with E-state index in [2.05, 4.69) is 15.5 Å². The molecule has 2 aliphatic carbocycles. The van der Waals surface area contributed by atoms with E-state index in [1.54, 1.807) is 0 Å². The molecule has 0 radical (unpaired) electrons. The lowest BCUT2D eigenvalue weighted by Crippen LogP contribution is -2.49. The van der Waals surface area contributed by atoms with Gasteiger partial charge in [-0.1, -0.05) is 12.5 Å². The maximum atomic E-state index is 12.8. The van der Waals surface area contributed by atoms with Gasteiger partial charge in [0.25, 0.3) is 0 Å². The van der Waals surface area contributed by atoms with Gasteiger partial charge in [-0.2, -0.15) is 0 Å². The zero-order valence-electron chi connectivity index (χ0n) is 14.1. The number of nitrogens with zero attached hydrogens (tertiary/aromatic N) is 3. The fourth-order valence-electron chi connectivity index (χ4n) is 4.55. The normalized spacial score (nSPS) is 30.9. The molecule has 1 amide bonds. The summed E-state index contributed by atoms with van der Waals surface area (Å²) in [5.74, 6) is 2.02. The Balaban J connectivity index is 1.46. The number of aromatic nitrogens is 3. The summed E-state index contributed by atoms with van der Waals surface area (Å²) in [6, 6.07) is 5.92. The first kappa shape index (κ1) is 15.6. The number of hydrogen-bond acceptors (Lipinski definition) is 4. The van der Waals surface area contributed by atoms with Gasteiger partial charge in [-0.25, -0.2) is 0 Å². The minimum Gasteiger partial charge on any atom is -0.346 e. The zero-order chi connectivity index (χ0) is 16.7. The minimum atomic E-state index is -0.162. The number of hydrogen-bond donors (Lipinski definition) is 2. The van der Waals surface area contributed by atoms with Gasteiger partial charge in [-0.05, 0) is 56.6 Å². The molecule has 6 nitrogen and oxygen atoms in total. The van der Waals surface area contributed by atoms with Gasteiger partial charge < -0.3 is 11.1 Å². The summed E-state index contributed by atoms with van der Waals surface area (Å²) in [6.45, 7) is 1.97. The molecule has 4 rings (SSSR count). The third-order valence-corrected chi connectivity index (χ3v) is 5.87. The van der Waals surface area contributed by atoms with Crippen molar-refractivity contribution in [3.8, 4) is 0 Å². The molecule has 2 heterocycles. The summed E-state index contributed by atoms with van der Waals surface area (Å²) in [7, 11) is 0. The second-order valence-electron chi connectivity index (χ2n) is 7.41. The van der Waals surface area contributed by atoms with Crippen LogP contribution in [0.3, 0.4) is 0 Å². The van der Waals surface area contributed by atoms with Crippen LogP contribution < -0.4 is 11.1 Å². The number of nitrogens with two attached hydrogens (primary N) is 1. The SMILES string of the molecule is CC(NC(=O)C1CC2CCCC(C1)C2N)c1nnc2ccccn12. The molecule has 128 valence electrons. The van der Waals surface area contributed by atoms with Gasteiger partial charge in [0.15, 0.2) is 11.5 Å². The van der Waals surface area contributed by atoms with Crippen molar-refractivity contribution in [1.29, 1.82) is 0 Å². The molecule has 0 saturated heterocycles. The first-order valence-corrected chi connectivity index (χ1v) is 8.99. The second kappa shape index (κ2) is 6.16. The van der Waals surface area contributed by atoms with Crippen LogP contribution in [-0.2, 0) is 4.79 Å². The molecule has 0 aliphatic heterocycles. The molecule has 3 N–H and O–H groups in total. The molecule has 3 unspecified atom stereocenters. The van der Waals surface area contributed by atoms with Gasteiger partial charge >= 0.3 is 0 Å². The van der Waals surface area contributed by atoms with Crippen molar-refractivity contribution in [1.82, 2.24) is 19.9 Å². The molecule has 2 aromatic rings. The van der Waals surface area contributed by atoms with Crippen molar-refractivity contribution in [3.63, 3.8) is 0 Å². The predicted molar refractivity (Wildman–Crippen MR) is 91.1 cm³/mol. The Labute approximate surface area is 141 Å². The van der Waals surface area contributed by atoms with Crippen LogP contribution in [0, 0.1) is 17.8 Å². The Morgan fingerprint density at radius 1 is 1.29 bits per heavy atom. The van der Waals surface area contributed by atoms with Crippen molar-refractivity contribution in [2.45, 2.75) is 51.1 Å². The van der Waals surface area contributed by atoms with Gasteiger partial charge in [0.1, 0.15) is 0 Å². The topological polar surface area (TPSA) is 85.3 Å². The Kier molecular flexibility index (Phi) is 4.00. The van der Waals surface area contributed by atoms with E-state index < -0.39 is 0 Å². The van der Waals surface area contributed by atoms with Gasteiger partial charge in [0, 0.05) is 18.2 Å². The molecule has 2 aliphatic rings. The Morgan fingerprint density at radius 3 is 2.79 bits per heavy atom. The van der Waals surface area contributed by atoms with Crippen LogP contribution in [0.15, 0.2) is 24.4 Å². The summed E-state index contributed by atoms with van der Waals surface area (Å²) in [5.41, 5.74) is 7.13. The summed E-state index contributed by atoms with van der Waals surface area (Å²) >= 11 is 0. The number of pyridine rings is 1. The smallest absolute Gasteiger partial charge is 0.223 e. The molecule has 24 heavy (non-hydrogen) atoms. The Hall–Kier alpha value is -1.95. The average molecular weight is 327 g/mol. The molecule has 0 aromatic carbocycles. The molecule has 0 spiro atoms. The van der Waals surface area contributed by atoms with E-state index >= 15 is 0 Å². The van der Waals surface area contributed by atoms with E-state index in [1.165, 1.54) is 19.3 Å². The molecule has 3 atom stereocenters. The summed E-state index contributed by atoms with van der Waals surface area (Å²) in [6.07, 6.45) is 7.39. The highest BCUT2D eigenvalue weighted by Crippen LogP contribution is 2.42. The van der Waals surface area contributed by atoms with E-state index in [-0.39, 0.29) is 17.9 Å². The van der Waals surface area contributed by atoms with E-state index in [4.69, 9.17) is 5.73 Å². The third kappa shape index (κ3) is 2.69. The number of amides is 1. The predicted octanol–water partition coefficient (Wildman–Crippen LogP) is 2.06. The average Bonchev–Trinajstić information content (AvgIpc) is 2.98. The van der Waals surface area contributed by atoms with Crippen molar-refractivity contribution in [2.75, 3.05) is 0 Å². The molecular formula is C18H25N5O. The van der Waals surface area contributed by atoms with Gasteiger partial charge in [-0.15, -0.1) is 10.2 Å². The maximum Gasteiger partial charge on any atom is 0.223 e. The quantitative estimate of drug-likeness (QED) is 0.903. The van der Waals surface area contributed by atoms with Crippen LogP contribution in [0.5, 0.6) is 0 Å². The standard InChI is InChI=1S/C18H25N5O/c1-11(17-22-21-15-7-2-3-8-23(15)17)20-18(24)14-9-12-5-4-6-13(10-14)16(12)19/h2-3,7-8,11-14,16H,4-6,9-10,19H2,1H3,(H,20,24). The first-order chi connectivity index (χ1) is 11.6. The Bertz CT molecular complexity index is 728. The van der Waals surface area contributed by atoms with Crippen molar-refractivity contribution in [3.05, 3.63) is 30.2 Å². The zero-order valence-corrected chi connectivity index (χ0v) is 14.1. The molecule has 2 bridgehead atoms. The fraction of sp³-hybridized carbons (Fsp3) is 0.611. The molecule has 2 saturated carbocycles. The van der Waals surface area contributed by atoms with Crippen LogP contribution in [0.4, 0.5) is 0 Å². The fourth-order valence-corrected chi connectivity index (χ4v) is 4.55. The van der Waals surface area contributed by atoms with Crippen LogP contribution in [0.2, 0.25) is 0 Å². The monoisotopic (exact) mass is 327 g/mol. The van der Waals surface area contributed by atoms with Crippen molar-refractivity contribution >= 4 is 11.6 Å². The molecular weight excluding hydrogens is 302 g/mol. The van der Waals surface area contributed by atoms with Crippen molar-refractivity contribution in [2.24, 2.45) is 23.5 Å². The highest BCUT2D eigenvalue weighted by Gasteiger charge is 2.40. The lowest BCUT2D eigenvalue weighted by Gasteiger charge is -2.43. The van der Waals surface area contributed by atoms with Gasteiger partial charge in [0.05, 0.1) is 6.04 Å². The first-order valence-electron chi connectivity index (χ1n) is 8.99. The summed E-state index contributed by atoms with van der Waals surface area (Å²) in [5, 5.41) is 11.5. The molecule has 6 heteroatoms. The number of carbonyl (C=O) groups is 1. The van der Waals surface area contributed by atoms with Crippen LogP contribution in [-0.4, -0.2) is 26.5 Å². The number of carbonyl (C=O) groups excluding carboxylic acids is 1. The van der Waals surface area contributed by atoms with Gasteiger partial charge in [-0.3, -0.25) is 9.20 Å². The van der Waals surface area contributed by atoms with E-state index in [1.807, 2.05) is 35.7 Å². The van der Waals surface area contributed by atoms with E-state index in [0.29, 0.717) is 17.9 Å². The molecule has 2 aromatic heterocycles. The highest BCUT2D eigenvalue weighted by molar-refractivity contribution is 5.79. The molecule has 2 fully saturated rings. The van der Waals surface area contributed by atoms with Crippen LogP contribution >= 0.6 is 0 Å². The maximum absolute atomic E-state index is 12.8. The lowest BCUT2D eigenvalue weighted by atomic mass is 9.65. The minimum absolute atomic E-state index is 0.0849. The largest absolute Gasteiger partial charge is 0.346 e. The number of nitrogens with one attached hydrogen (secondary N) is 1. The number of fused-ring (bicyclic) bond motifs is 3. The van der Waals surface area contributed by atoms with Crippen LogP contribution in [0.25, 0.3) is 5.65 Å². The summed E-state index contributed by atoms with van der Waals surface area (Å²) in [4.78, 5) is 12.8. The highest BCUT2D eigenvalue weighted by atomic mass is 16.2. The number of rotatable bonds is 3. The van der Waals surface area contributed by atoms with Crippen LogP contribution in [0.1, 0.15) is 50.9 Å². The Morgan fingerprint density at radius 2 is 2.04 bits per heavy atom. The van der Waals surface area contributed by atoms with Crippen molar-refractivity contribution < 1.29 is 4.79 Å². The summed E-state index contributed by atoms with van der Waals surface area (Å²) < 4.78 is 1.93. The van der Waals surface area contributed by atoms with Gasteiger partial charge in [0.2, 0.25) is 5.91 Å². The van der Waals surface area contributed by atoms with E-state index in [0.717, 1.165) is 24.3 Å². The van der Waals surface area contributed by atoms with E-state index in [9.17, 15) is 4.79 Å². The third-order valence-electron chi connectivity index (χ3n) is 5.87. The lowest BCUT2D eigenvalue weighted by molar-refractivity contribution is -0.128. The second-order valence-corrected chi connectivity index (χ2v) is 7.41.